The van der Waals surface area contributed by atoms with Gasteiger partial charge in [-0.15, -0.1) is 11.8 Å². The summed E-state index contributed by atoms with van der Waals surface area (Å²) in [4.78, 5) is 4.48. The first-order valence-corrected chi connectivity index (χ1v) is 3.36. The Bertz CT molecular complexity index is 141. The highest BCUT2D eigenvalue weighted by Crippen LogP contribution is 1.90. The summed E-state index contributed by atoms with van der Waals surface area (Å²) in [7, 11) is 1.54. The molecule has 0 aliphatic rings. The second kappa shape index (κ2) is 8.03. The number of hydrogen-bond acceptors (Lipinski definition) is 2. The SMILES string of the molecule is CC#CCCCC=NOC. The van der Waals surface area contributed by atoms with Crippen LogP contribution in [0.15, 0.2) is 5.16 Å². The van der Waals surface area contributed by atoms with E-state index < -0.39 is 0 Å². The highest BCUT2D eigenvalue weighted by Gasteiger charge is 1.79. The Morgan fingerprint density at radius 2 is 2.40 bits per heavy atom. The van der Waals surface area contributed by atoms with E-state index in [4.69, 9.17) is 0 Å². The van der Waals surface area contributed by atoms with Gasteiger partial charge in [-0.2, -0.15) is 0 Å². The van der Waals surface area contributed by atoms with Crippen LogP contribution in [0.1, 0.15) is 26.2 Å². The molecule has 0 aromatic heterocycles. The van der Waals surface area contributed by atoms with E-state index >= 15 is 0 Å². The highest BCUT2D eigenvalue weighted by atomic mass is 16.6. The third-order valence-corrected chi connectivity index (χ3v) is 0.992. The van der Waals surface area contributed by atoms with Gasteiger partial charge in [-0.05, 0) is 19.8 Å². The van der Waals surface area contributed by atoms with Gasteiger partial charge in [0.2, 0.25) is 0 Å². The second-order valence-electron chi connectivity index (χ2n) is 1.79. The van der Waals surface area contributed by atoms with E-state index in [-0.39, 0.29) is 0 Å². The summed E-state index contributed by atoms with van der Waals surface area (Å²) >= 11 is 0. The monoisotopic (exact) mass is 139 g/mol. The molecule has 0 bridgehead atoms. The summed E-state index contributed by atoms with van der Waals surface area (Å²) in [6, 6.07) is 0. The van der Waals surface area contributed by atoms with Crippen molar-refractivity contribution in [2.45, 2.75) is 26.2 Å². The lowest BCUT2D eigenvalue weighted by Crippen LogP contribution is -1.77. The Labute approximate surface area is 62.3 Å². The van der Waals surface area contributed by atoms with Crippen LogP contribution in [-0.4, -0.2) is 13.3 Å². The van der Waals surface area contributed by atoms with Gasteiger partial charge in [0.1, 0.15) is 7.11 Å². The van der Waals surface area contributed by atoms with E-state index in [2.05, 4.69) is 21.8 Å². The molecule has 0 heterocycles. The van der Waals surface area contributed by atoms with Crippen LogP contribution in [0.5, 0.6) is 0 Å². The van der Waals surface area contributed by atoms with Crippen LogP contribution in [-0.2, 0) is 4.84 Å². The molecule has 0 aromatic carbocycles. The summed E-state index contributed by atoms with van der Waals surface area (Å²) in [5.41, 5.74) is 0. The van der Waals surface area contributed by atoms with Gasteiger partial charge < -0.3 is 4.84 Å². The second-order valence-corrected chi connectivity index (χ2v) is 1.79. The van der Waals surface area contributed by atoms with Crippen molar-refractivity contribution < 1.29 is 4.84 Å². The van der Waals surface area contributed by atoms with Crippen LogP contribution in [0.2, 0.25) is 0 Å². The minimum Gasteiger partial charge on any atom is -0.399 e. The fourth-order valence-electron chi connectivity index (χ4n) is 0.534. The van der Waals surface area contributed by atoms with Crippen molar-refractivity contribution >= 4 is 6.21 Å². The van der Waals surface area contributed by atoms with Gasteiger partial charge in [-0.1, -0.05) is 5.16 Å². The van der Waals surface area contributed by atoms with Crippen LogP contribution in [0.25, 0.3) is 0 Å². The van der Waals surface area contributed by atoms with Crippen molar-refractivity contribution in [2.24, 2.45) is 5.16 Å². The highest BCUT2D eigenvalue weighted by molar-refractivity contribution is 5.56. The molecule has 0 radical (unpaired) electrons. The first-order valence-electron chi connectivity index (χ1n) is 3.36. The van der Waals surface area contributed by atoms with Gasteiger partial charge in [-0.25, -0.2) is 0 Å². The van der Waals surface area contributed by atoms with Gasteiger partial charge in [0.15, 0.2) is 0 Å². The predicted octanol–water partition coefficient (Wildman–Crippen LogP) is 1.81. The number of oxime groups is 1. The molecule has 2 nitrogen and oxygen atoms in total. The van der Waals surface area contributed by atoms with Crippen LogP contribution >= 0.6 is 0 Å². The topological polar surface area (TPSA) is 21.6 Å². The van der Waals surface area contributed by atoms with Crippen molar-refractivity contribution in [2.75, 3.05) is 7.11 Å². The lowest BCUT2D eigenvalue weighted by molar-refractivity contribution is 0.214. The Morgan fingerprint density at radius 3 is 3.00 bits per heavy atom. The van der Waals surface area contributed by atoms with E-state index in [1.54, 1.807) is 13.3 Å². The molecule has 0 saturated heterocycles. The van der Waals surface area contributed by atoms with Crippen LogP contribution in [0.4, 0.5) is 0 Å². The normalized spacial score (nSPS) is 9.00. The van der Waals surface area contributed by atoms with E-state index in [1.165, 1.54) is 0 Å². The lowest BCUT2D eigenvalue weighted by Gasteiger charge is -1.86. The molecule has 0 spiro atoms. The summed E-state index contributed by atoms with van der Waals surface area (Å²) in [6.45, 7) is 1.85. The molecule has 0 fully saturated rings. The maximum Gasteiger partial charge on any atom is 0.106 e. The summed E-state index contributed by atoms with van der Waals surface area (Å²) < 4.78 is 0. The Hall–Kier alpha value is -0.970. The molecule has 0 atom stereocenters. The Morgan fingerprint density at radius 1 is 1.60 bits per heavy atom. The molecule has 0 saturated carbocycles. The molecule has 0 N–H and O–H groups in total. The molecular weight excluding hydrogens is 126 g/mol. The van der Waals surface area contributed by atoms with Crippen molar-refractivity contribution in [1.29, 1.82) is 0 Å². The zero-order valence-electron chi connectivity index (χ0n) is 6.55. The minimum atomic E-state index is 0.947. The Kier molecular flexibility index (Phi) is 7.25. The average molecular weight is 139 g/mol. The van der Waals surface area contributed by atoms with Gasteiger partial charge >= 0.3 is 0 Å². The first kappa shape index (κ1) is 9.03. The lowest BCUT2D eigenvalue weighted by atomic mass is 10.2. The zero-order chi connectivity index (χ0) is 7.66. The summed E-state index contributed by atoms with van der Waals surface area (Å²) in [6.07, 6.45) is 4.72. The maximum absolute atomic E-state index is 4.48. The van der Waals surface area contributed by atoms with Crippen molar-refractivity contribution in [1.82, 2.24) is 0 Å². The van der Waals surface area contributed by atoms with Crippen molar-refractivity contribution in [3.63, 3.8) is 0 Å². The minimum absolute atomic E-state index is 0.947. The molecule has 0 amide bonds. The predicted molar refractivity (Wildman–Crippen MR) is 42.8 cm³/mol. The van der Waals surface area contributed by atoms with Gasteiger partial charge in [-0.3, -0.25) is 0 Å². The fourth-order valence-corrected chi connectivity index (χ4v) is 0.534. The third kappa shape index (κ3) is 7.03. The average Bonchev–Trinajstić information content (AvgIpc) is 1.97. The van der Waals surface area contributed by atoms with Gasteiger partial charge in [0.05, 0.1) is 0 Å². The number of unbranched alkanes of at least 4 members (excludes halogenated alkanes) is 2. The molecule has 10 heavy (non-hydrogen) atoms. The van der Waals surface area contributed by atoms with E-state index in [9.17, 15) is 0 Å². The molecule has 0 aromatic rings. The zero-order valence-corrected chi connectivity index (χ0v) is 6.55. The van der Waals surface area contributed by atoms with Crippen LogP contribution < -0.4 is 0 Å². The number of rotatable bonds is 4. The van der Waals surface area contributed by atoms with Crippen LogP contribution in [0, 0.1) is 11.8 Å². The standard InChI is InChI=1S/C8H13NO/c1-3-4-5-6-7-8-9-10-2/h8H,5-7H2,1-2H3. The Balaban J connectivity index is 3.02. The summed E-state index contributed by atoms with van der Waals surface area (Å²) in [5, 5.41) is 3.60. The van der Waals surface area contributed by atoms with Crippen LogP contribution in [0.3, 0.4) is 0 Å². The molecular formula is C8H13NO. The molecule has 56 valence electrons. The van der Waals surface area contributed by atoms with Crippen molar-refractivity contribution in [3.05, 3.63) is 0 Å². The fraction of sp³-hybridized carbons (Fsp3) is 0.625. The van der Waals surface area contributed by atoms with Gasteiger partial charge in [0.25, 0.3) is 0 Å². The van der Waals surface area contributed by atoms with E-state index in [0.29, 0.717) is 0 Å². The number of hydrogen-bond donors (Lipinski definition) is 0. The van der Waals surface area contributed by atoms with Gasteiger partial charge in [0, 0.05) is 12.6 Å². The molecule has 0 aliphatic carbocycles. The molecule has 0 aliphatic heterocycles. The largest absolute Gasteiger partial charge is 0.399 e. The molecule has 0 rings (SSSR count). The quantitative estimate of drug-likeness (QED) is 0.252. The maximum atomic E-state index is 4.48. The first-order chi connectivity index (χ1) is 4.91. The van der Waals surface area contributed by atoms with E-state index in [0.717, 1.165) is 19.3 Å². The van der Waals surface area contributed by atoms with E-state index in [1.807, 2.05) is 6.92 Å². The third-order valence-electron chi connectivity index (χ3n) is 0.992. The molecule has 2 heteroatoms. The summed E-state index contributed by atoms with van der Waals surface area (Å²) in [5.74, 6) is 5.81. The molecule has 0 unspecified atom stereocenters. The van der Waals surface area contributed by atoms with Crippen molar-refractivity contribution in [3.8, 4) is 11.8 Å². The smallest absolute Gasteiger partial charge is 0.106 e. The number of nitrogens with zero attached hydrogens (tertiary/aromatic N) is 1.